The van der Waals surface area contributed by atoms with E-state index in [-0.39, 0.29) is 10.6 Å². The van der Waals surface area contributed by atoms with Gasteiger partial charge in [-0.15, -0.1) is 0 Å². The predicted molar refractivity (Wildman–Crippen MR) is 97.7 cm³/mol. The van der Waals surface area contributed by atoms with Crippen LogP contribution in [0.3, 0.4) is 0 Å². The quantitative estimate of drug-likeness (QED) is 0.610. The summed E-state index contributed by atoms with van der Waals surface area (Å²) >= 11 is 5.89. The third kappa shape index (κ3) is 4.21. The minimum absolute atomic E-state index is 0.0873. The van der Waals surface area contributed by atoms with Crippen molar-refractivity contribution in [2.45, 2.75) is 11.4 Å². The Morgan fingerprint density at radius 1 is 1.04 bits per heavy atom. The maximum Gasteiger partial charge on any atom is 0.269 e. The average Bonchev–Trinajstić information content (AvgIpc) is 2.64. The van der Waals surface area contributed by atoms with Crippen LogP contribution in [0.25, 0.3) is 0 Å². The summed E-state index contributed by atoms with van der Waals surface area (Å²) < 4.78 is 26.8. The topological polar surface area (TPSA) is 85.0 Å². The van der Waals surface area contributed by atoms with Crippen LogP contribution < -0.4 is 4.90 Å². The Labute approximate surface area is 157 Å². The Balaban J connectivity index is 1.62. The standard InChI is InChI=1S/C17H18ClN3O4S/c18-15-3-1-14(2-4-15)13-19-9-11-20(12-10-19)26(24,25)17-7-5-16(6-8-17)21(22)23/h1-8H,9-13H2/p+1. The maximum absolute atomic E-state index is 12.7. The van der Waals surface area contributed by atoms with Gasteiger partial charge in [0.1, 0.15) is 6.54 Å². The summed E-state index contributed by atoms with van der Waals surface area (Å²) in [5, 5.41) is 11.4. The summed E-state index contributed by atoms with van der Waals surface area (Å²) in [5.74, 6) is 0. The number of nitrogens with one attached hydrogen (secondary N) is 1. The molecule has 0 spiro atoms. The number of quaternary nitrogens is 1. The van der Waals surface area contributed by atoms with Crippen molar-refractivity contribution in [3.8, 4) is 0 Å². The molecule has 0 aromatic heterocycles. The molecule has 0 amide bonds. The Kier molecular flexibility index (Phi) is 5.57. The third-order valence-electron chi connectivity index (χ3n) is 4.48. The average molecular weight is 397 g/mol. The highest BCUT2D eigenvalue weighted by atomic mass is 35.5. The number of nitro benzene ring substituents is 1. The van der Waals surface area contributed by atoms with E-state index in [1.54, 1.807) is 0 Å². The highest BCUT2D eigenvalue weighted by molar-refractivity contribution is 7.89. The number of hydrogen-bond donors (Lipinski definition) is 1. The molecule has 0 radical (unpaired) electrons. The molecule has 26 heavy (non-hydrogen) atoms. The molecule has 138 valence electrons. The van der Waals surface area contributed by atoms with Gasteiger partial charge in [-0.3, -0.25) is 10.1 Å². The van der Waals surface area contributed by atoms with Gasteiger partial charge in [-0.25, -0.2) is 8.42 Å². The molecule has 9 heteroatoms. The van der Waals surface area contributed by atoms with E-state index in [9.17, 15) is 18.5 Å². The molecule has 1 heterocycles. The molecule has 2 aromatic rings. The molecule has 1 aliphatic heterocycles. The number of sulfonamides is 1. The van der Waals surface area contributed by atoms with Crippen LogP contribution >= 0.6 is 11.6 Å². The van der Waals surface area contributed by atoms with Gasteiger partial charge in [-0.1, -0.05) is 23.7 Å². The Hall–Kier alpha value is -2.00. The highest BCUT2D eigenvalue weighted by Crippen LogP contribution is 2.19. The van der Waals surface area contributed by atoms with Gasteiger partial charge in [-0.05, 0) is 24.3 Å². The number of benzene rings is 2. The molecule has 1 N–H and O–H groups in total. The second-order valence-electron chi connectivity index (χ2n) is 6.21. The van der Waals surface area contributed by atoms with Crippen LogP contribution in [0.2, 0.25) is 5.02 Å². The second-order valence-corrected chi connectivity index (χ2v) is 8.58. The summed E-state index contributed by atoms with van der Waals surface area (Å²) in [4.78, 5) is 11.6. The van der Waals surface area contributed by atoms with E-state index >= 15 is 0 Å². The van der Waals surface area contributed by atoms with E-state index < -0.39 is 14.9 Å². The first-order valence-electron chi connectivity index (χ1n) is 8.19. The molecule has 7 nitrogen and oxygen atoms in total. The van der Waals surface area contributed by atoms with Crippen LogP contribution in [0.15, 0.2) is 53.4 Å². The maximum atomic E-state index is 12.7. The molecule has 1 fully saturated rings. The minimum Gasteiger partial charge on any atom is -0.329 e. The number of non-ortho nitro benzene ring substituents is 1. The lowest BCUT2D eigenvalue weighted by Crippen LogP contribution is -3.13. The van der Waals surface area contributed by atoms with Crippen molar-refractivity contribution in [2.75, 3.05) is 26.2 Å². The largest absolute Gasteiger partial charge is 0.329 e. The second kappa shape index (κ2) is 7.71. The normalized spacial score (nSPS) is 16.5. The fraction of sp³-hybridized carbons (Fsp3) is 0.294. The fourth-order valence-corrected chi connectivity index (χ4v) is 4.57. The first-order valence-corrected chi connectivity index (χ1v) is 10.0. The Morgan fingerprint density at radius 3 is 2.15 bits per heavy atom. The van der Waals surface area contributed by atoms with Crippen LogP contribution in [0.5, 0.6) is 0 Å². The molecular weight excluding hydrogens is 378 g/mol. The van der Waals surface area contributed by atoms with Crippen molar-refractivity contribution in [1.82, 2.24) is 4.31 Å². The SMILES string of the molecule is O=[N+]([O-])c1ccc(S(=O)(=O)N2CC[NH+](Cc3ccc(Cl)cc3)CC2)cc1. The number of rotatable bonds is 5. The number of halogens is 1. The zero-order chi connectivity index (χ0) is 18.7. The van der Waals surface area contributed by atoms with Gasteiger partial charge in [0.05, 0.1) is 36.0 Å². The van der Waals surface area contributed by atoms with E-state index in [0.717, 1.165) is 12.1 Å². The summed E-state index contributed by atoms with van der Waals surface area (Å²) in [7, 11) is -3.63. The molecule has 0 aliphatic carbocycles. The van der Waals surface area contributed by atoms with E-state index in [4.69, 9.17) is 11.6 Å². The van der Waals surface area contributed by atoms with Gasteiger partial charge >= 0.3 is 0 Å². The van der Waals surface area contributed by atoms with Crippen molar-refractivity contribution in [3.63, 3.8) is 0 Å². The number of hydrogen-bond acceptors (Lipinski definition) is 4. The Bertz CT molecular complexity index is 877. The van der Waals surface area contributed by atoms with Crippen molar-refractivity contribution >= 4 is 27.3 Å². The van der Waals surface area contributed by atoms with Gasteiger partial charge in [0.25, 0.3) is 5.69 Å². The van der Waals surface area contributed by atoms with Crippen molar-refractivity contribution in [1.29, 1.82) is 0 Å². The lowest BCUT2D eigenvalue weighted by Gasteiger charge is -2.31. The zero-order valence-electron chi connectivity index (χ0n) is 14.0. The molecule has 1 aliphatic rings. The number of nitro groups is 1. The smallest absolute Gasteiger partial charge is 0.269 e. The van der Waals surface area contributed by atoms with Gasteiger partial charge in [0.2, 0.25) is 10.0 Å². The monoisotopic (exact) mass is 396 g/mol. The lowest BCUT2D eigenvalue weighted by atomic mass is 10.2. The predicted octanol–water partition coefficient (Wildman–Crippen LogP) is 1.34. The molecular formula is C17H19ClN3O4S+. The molecule has 0 atom stereocenters. The van der Waals surface area contributed by atoms with Crippen molar-refractivity contribution < 1.29 is 18.2 Å². The Morgan fingerprint density at radius 2 is 1.62 bits per heavy atom. The summed E-state index contributed by atoms with van der Waals surface area (Å²) in [5.41, 5.74) is 1.04. The molecule has 1 saturated heterocycles. The van der Waals surface area contributed by atoms with Gasteiger partial charge < -0.3 is 4.90 Å². The zero-order valence-corrected chi connectivity index (χ0v) is 15.5. The molecule has 2 aromatic carbocycles. The van der Waals surface area contributed by atoms with Crippen LogP contribution in [-0.4, -0.2) is 43.8 Å². The molecule has 0 saturated carbocycles. The number of nitrogens with zero attached hydrogens (tertiary/aromatic N) is 2. The van der Waals surface area contributed by atoms with E-state index in [1.807, 2.05) is 24.3 Å². The minimum atomic E-state index is -3.63. The molecule has 0 bridgehead atoms. The van der Waals surface area contributed by atoms with Gasteiger partial charge in [0, 0.05) is 22.7 Å². The van der Waals surface area contributed by atoms with Gasteiger partial charge in [0.15, 0.2) is 0 Å². The first kappa shape index (κ1) is 18.8. The first-order chi connectivity index (χ1) is 12.4. The van der Waals surface area contributed by atoms with E-state index in [1.165, 1.54) is 33.5 Å². The van der Waals surface area contributed by atoms with Crippen LogP contribution in [0.1, 0.15) is 5.56 Å². The van der Waals surface area contributed by atoms with Crippen LogP contribution in [0, 0.1) is 10.1 Å². The van der Waals surface area contributed by atoms with Gasteiger partial charge in [-0.2, -0.15) is 4.31 Å². The van der Waals surface area contributed by atoms with Crippen molar-refractivity contribution in [3.05, 3.63) is 69.2 Å². The van der Waals surface area contributed by atoms with Crippen molar-refractivity contribution in [2.24, 2.45) is 0 Å². The fourth-order valence-electron chi connectivity index (χ4n) is 3.00. The van der Waals surface area contributed by atoms with Crippen LogP contribution in [0.4, 0.5) is 5.69 Å². The summed E-state index contributed by atoms with van der Waals surface area (Å²) in [6, 6.07) is 12.7. The van der Waals surface area contributed by atoms with E-state index in [2.05, 4.69) is 0 Å². The van der Waals surface area contributed by atoms with E-state index in [0.29, 0.717) is 31.2 Å². The number of piperazine rings is 1. The summed E-state index contributed by atoms with van der Waals surface area (Å²) in [6.45, 7) is 3.07. The highest BCUT2D eigenvalue weighted by Gasteiger charge is 2.30. The summed E-state index contributed by atoms with van der Waals surface area (Å²) in [6.07, 6.45) is 0. The van der Waals surface area contributed by atoms with Crippen LogP contribution in [-0.2, 0) is 16.6 Å². The molecule has 3 rings (SSSR count). The molecule has 0 unspecified atom stereocenters. The lowest BCUT2D eigenvalue weighted by molar-refractivity contribution is -0.917. The third-order valence-corrected chi connectivity index (χ3v) is 6.65.